The first-order valence-corrected chi connectivity index (χ1v) is 6.93. The first-order chi connectivity index (χ1) is 8.45. The molecule has 0 radical (unpaired) electrons. The van der Waals surface area contributed by atoms with Gasteiger partial charge in [-0.05, 0) is 29.7 Å². The quantitative estimate of drug-likeness (QED) is 0.731. The molecule has 1 rings (SSSR count). The van der Waals surface area contributed by atoms with E-state index in [1.54, 1.807) is 0 Å². The van der Waals surface area contributed by atoms with Crippen molar-refractivity contribution in [2.45, 2.75) is 46.6 Å². The minimum atomic E-state index is 0.149. The number of hydrogen-bond donors (Lipinski definition) is 1. The third kappa shape index (κ3) is 4.66. The molecule has 1 aliphatic carbocycles. The zero-order valence-corrected chi connectivity index (χ0v) is 12.2. The molecule has 0 saturated heterocycles. The van der Waals surface area contributed by atoms with E-state index in [1.165, 1.54) is 5.57 Å². The molecule has 0 aliphatic heterocycles. The van der Waals surface area contributed by atoms with Gasteiger partial charge in [-0.2, -0.15) is 0 Å². The Morgan fingerprint density at radius 3 is 2.50 bits per heavy atom. The summed E-state index contributed by atoms with van der Waals surface area (Å²) in [4.78, 5) is 0. The molecule has 0 amide bonds. The summed E-state index contributed by atoms with van der Waals surface area (Å²) in [7, 11) is 0. The summed E-state index contributed by atoms with van der Waals surface area (Å²) < 4.78 is 0. The fraction of sp³-hybridized carbons (Fsp3) is 0.529. The summed E-state index contributed by atoms with van der Waals surface area (Å²) in [6, 6.07) is 0.149. The number of allylic oxidation sites excluding steroid dienone is 6. The Morgan fingerprint density at radius 2 is 1.89 bits per heavy atom. The van der Waals surface area contributed by atoms with E-state index in [2.05, 4.69) is 70.2 Å². The van der Waals surface area contributed by atoms with E-state index in [0.717, 1.165) is 12.8 Å². The molecule has 0 saturated carbocycles. The standard InChI is InChI=1S/C17H27N/c1-5-6-7-8-9-10-14-13-15(17(2,3)4)11-12-16(14)18/h6-9,11-14,16H,5,10,18H2,1-4H3/b7-6-,9-8-. The van der Waals surface area contributed by atoms with Gasteiger partial charge in [0, 0.05) is 6.04 Å². The van der Waals surface area contributed by atoms with Crippen LogP contribution in [0.3, 0.4) is 0 Å². The highest BCUT2D eigenvalue weighted by molar-refractivity contribution is 5.31. The highest BCUT2D eigenvalue weighted by Gasteiger charge is 2.22. The Labute approximate surface area is 112 Å². The fourth-order valence-electron chi connectivity index (χ4n) is 2.01. The smallest absolute Gasteiger partial charge is 0.0293 e. The maximum absolute atomic E-state index is 6.14. The van der Waals surface area contributed by atoms with Gasteiger partial charge in [0.25, 0.3) is 0 Å². The van der Waals surface area contributed by atoms with Gasteiger partial charge in [-0.1, -0.05) is 70.2 Å². The minimum Gasteiger partial charge on any atom is -0.324 e. The van der Waals surface area contributed by atoms with Gasteiger partial charge in [0.15, 0.2) is 0 Å². The van der Waals surface area contributed by atoms with Crippen LogP contribution in [-0.2, 0) is 0 Å². The third-order valence-corrected chi connectivity index (χ3v) is 3.28. The lowest BCUT2D eigenvalue weighted by Gasteiger charge is -2.28. The van der Waals surface area contributed by atoms with Crippen molar-refractivity contribution < 1.29 is 0 Å². The lowest BCUT2D eigenvalue weighted by atomic mass is 9.79. The molecule has 0 aromatic carbocycles. The van der Waals surface area contributed by atoms with Crippen LogP contribution in [0.5, 0.6) is 0 Å². The Balaban J connectivity index is 2.64. The number of hydrogen-bond acceptors (Lipinski definition) is 1. The third-order valence-electron chi connectivity index (χ3n) is 3.28. The minimum absolute atomic E-state index is 0.149. The van der Waals surface area contributed by atoms with Crippen LogP contribution >= 0.6 is 0 Å². The summed E-state index contributed by atoms with van der Waals surface area (Å²) in [6.07, 6.45) is 17.4. The van der Waals surface area contributed by atoms with Crippen molar-refractivity contribution in [1.82, 2.24) is 0 Å². The highest BCUT2D eigenvalue weighted by atomic mass is 14.6. The second-order valence-corrected chi connectivity index (χ2v) is 5.97. The molecular formula is C17H27N. The molecule has 2 N–H and O–H groups in total. The molecular weight excluding hydrogens is 218 g/mol. The SMILES string of the molecule is CC/C=C\C=C/CC1C=C(C(C)(C)C)C=CC1N. The summed E-state index contributed by atoms with van der Waals surface area (Å²) >= 11 is 0. The highest BCUT2D eigenvalue weighted by Crippen LogP contribution is 2.31. The van der Waals surface area contributed by atoms with Crippen LogP contribution in [-0.4, -0.2) is 6.04 Å². The topological polar surface area (TPSA) is 26.0 Å². The van der Waals surface area contributed by atoms with Crippen molar-refractivity contribution in [1.29, 1.82) is 0 Å². The zero-order valence-electron chi connectivity index (χ0n) is 12.2. The molecule has 18 heavy (non-hydrogen) atoms. The van der Waals surface area contributed by atoms with Crippen LogP contribution in [0.1, 0.15) is 40.5 Å². The summed E-state index contributed by atoms with van der Waals surface area (Å²) in [5, 5.41) is 0. The Morgan fingerprint density at radius 1 is 1.22 bits per heavy atom. The van der Waals surface area contributed by atoms with Crippen molar-refractivity contribution in [2.75, 3.05) is 0 Å². The van der Waals surface area contributed by atoms with E-state index in [1.807, 2.05) is 0 Å². The van der Waals surface area contributed by atoms with Gasteiger partial charge in [-0.15, -0.1) is 0 Å². The first kappa shape index (κ1) is 15.0. The molecule has 0 aromatic rings. The van der Waals surface area contributed by atoms with E-state index < -0.39 is 0 Å². The van der Waals surface area contributed by atoms with Gasteiger partial charge in [0.2, 0.25) is 0 Å². The van der Waals surface area contributed by atoms with Gasteiger partial charge < -0.3 is 5.73 Å². The molecule has 1 heteroatoms. The van der Waals surface area contributed by atoms with Gasteiger partial charge in [0.05, 0.1) is 0 Å². The van der Waals surface area contributed by atoms with Crippen molar-refractivity contribution in [2.24, 2.45) is 17.1 Å². The Kier molecular flexibility index (Phi) is 5.61. The molecule has 100 valence electrons. The molecule has 0 spiro atoms. The predicted octanol–water partition coefficient (Wildman–Crippen LogP) is 4.38. The van der Waals surface area contributed by atoms with E-state index in [4.69, 9.17) is 5.73 Å². The lowest BCUT2D eigenvalue weighted by molar-refractivity contribution is 0.488. The average Bonchev–Trinajstić information content (AvgIpc) is 2.29. The molecule has 0 aromatic heterocycles. The number of nitrogens with two attached hydrogens (primary N) is 1. The second kappa shape index (κ2) is 6.75. The maximum atomic E-state index is 6.14. The van der Waals surface area contributed by atoms with Crippen molar-refractivity contribution in [3.8, 4) is 0 Å². The zero-order chi connectivity index (χ0) is 13.6. The summed E-state index contributed by atoms with van der Waals surface area (Å²) in [5.74, 6) is 0.426. The van der Waals surface area contributed by atoms with Crippen LogP contribution in [0, 0.1) is 11.3 Å². The first-order valence-electron chi connectivity index (χ1n) is 6.93. The van der Waals surface area contributed by atoms with Crippen LogP contribution < -0.4 is 5.73 Å². The molecule has 2 atom stereocenters. The predicted molar refractivity (Wildman–Crippen MR) is 81.3 cm³/mol. The molecule has 0 heterocycles. The maximum Gasteiger partial charge on any atom is 0.0293 e. The Bertz CT molecular complexity index is 364. The largest absolute Gasteiger partial charge is 0.324 e. The molecule has 0 bridgehead atoms. The van der Waals surface area contributed by atoms with Gasteiger partial charge in [-0.3, -0.25) is 0 Å². The summed E-state index contributed by atoms with van der Waals surface area (Å²) in [6.45, 7) is 8.88. The molecule has 0 fully saturated rings. The van der Waals surface area contributed by atoms with E-state index in [-0.39, 0.29) is 11.5 Å². The fourth-order valence-corrected chi connectivity index (χ4v) is 2.01. The van der Waals surface area contributed by atoms with E-state index in [0.29, 0.717) is 5.92 Å². The van der Waals surface area contributed by atoms with E-state index in [9.17, 15) is 0 Å². The van der Waals surface area contributed by atoms with Crippen LogP contribution in [0.15, 0.2) is 48.1 Å². The van der Waals surface area contributed by atoms with E-state index >= 15 is 0 Å². The normalized spacial score (nSPS) is 25.1. The van der Waals surface area contributed by atoms with Crippen LogP contribution in [0.2, 0.25) is 0 Å². The summed E-state index contributed by atoms with van der Waals surface area (Å²) in [5.41, 5.74) is 7.75. The van der Waals surface area contributed by atoms with Crippen molar-refractivity contribution in [3.63, 3.8) is 0 Å². The molecule has 2 unspecified atom stereocenters. The molecule has 1 aliphatic rings. The average molecular weight is 245 g/mol. The monoisotopic (exact) mass is 245 g/mol. The van der Waals surface area contributed by atoms with Crippen LogP contribution in [0.4, 0.5) is 0 Å². The van der Waals surface area contributed by atoms with Crippen LogP contribution in [0.25, 0.3) is 0 Å². The van der Waals surface area contributed by atoms with Crippen molar-refractivity contribution >= 4 is 0 Å². The van der Waals surface area contributed by atoms with Gasteiger partial charge in [-0.25, -0.2) is 0 Å². The second-order valence-electron chi connectivity index (χ2n) is 5.97. The lowest BCUT2D eigenvalue weighted by Crippen LogP contribution is -2.29. The van der Waals surface area contributed by atoms with Gasteiger partial charge in [0.1, 0.15) is 0 Å². The van der Waals surface area contributed by atoms with Gasteiger partial charge >= 0.3 is 0 Å². The molecule has 1 nitrogen and oxygen atoms in total. The number of rotatable bonds is 4. The Hall–Kier alpha value is -1.08. The van der Waals surface area contributed by atoms with Crippen molar-refractivity contribution in [3.05, 3.63) is 48.1 Å².